The van der Waals surface area contributed by atoms with Gasteiger partial charge in [0, 0.05) is 31.6 Å². The zero-order chi connectivity index (χ0) is 22.0. The second-order valence-corrected chi connectivity index (χ2v) is 7.16. The summed E-state index contributed by atoms with van der Waals surface area (Å²) in [5, 5.41) is 19.0. The van der Waals surface area contributed by atoms with Crippen LogP contribution in [0.15, 0.2) is 42.6 Å². The number of aliphatic carboxylic acids is 1. The van der Waals surface area contributed by atoms with E-state index in [9.17, 15) is 19.5 Å². The molecule has 0 spiro atoms. The van der Waals surface area contributed by atoms with E-state index < -0.39 is 17.9 Å². The summed E-state index contributed by atoms with van der Waals surface area (Å²) in [7, 11) is 0. The molecule has 10 nitrogen and oxygen atoms in total. The smallest absolute Gasteiger partial charge is 0.326 e. The van der Waals surface area contributed by atoms with Crippen LogP contribution in [-0.2, 0) is 22.6 Å². The minimum atomic E-state index is -1.10. The van der Waals surface area contributed by atoms with Gasteiger partial charge in [-0.2, -0.15) is 5.10 Å². The van der Waals surface area contributed by atoms with E-state index in [0.717, 1.165) is 5.56 Å². The van der Waals surface area contributed by atoms with Crippen LogP contribution in [0.1, 0.15) is 23.0 Å². The van der Waals surface area contributed by atoms with Gasteiger partial charge >= 0.3 is 5.97 Å². The van der Waals surface area contributed by atoms with Crippen molar-refractivity contribution in [3.8, 4) is 22.8 Å². The quantitative estimate of drug-likeness (QED) is 0.538. The molecule has 0 saturated carbocycles. The number of nitrogens with zero attached hydrogens (tertiary/aromatic N) is 4. The second kappa shape index (κ2) is 8.34. The van der Waals surface area contributed by atoms with Crippen molar-refractivity contribution in [1.29, 1.82) is 0 Å². The number of rotatable bonds is 6. The van der Waals surface area contributed by atoms with Crippen molar-refractivity contribution in [1.82, 2.24) is 30.4 Å². The molecule has 3 aromatic rings. The van der Waals surface area contributed by atoms with E-state index in [1.807, 2.05) is 6.07 Å². The number of aromatic nitrogens is 4. The molecule has 1 unspecified atom stereocenters. The molecule has 1 aliphatic heterocycles. The van der Waals surface area contributed by atoms with Gasteiger partial charge in [0.15, 0.2) is 5.82 Å². The number of hydrogen-bond acceptors (Lipinski definition) is 6. The van der Waals surface area contributed by atoms with Crippen molar-refractivity contribution in [3.63, 3.8) is 0 Å². The van der Waals surface area contributed by atoms with E-state index in [1.165, 1.54) is 6.92 Å². The number of fused-ring (bicyclic) bond motifs is 1. The number of carbonyl (C=O) groups excluding carboxylic acids is 2. The van der Waals surface area contributed by atoms with Crippen LogP contribution in [-0.4, -0.2) is 55.2 Å². The molecule has 0 radical (unpaired) electrons. The zero-order valence-corrected chi connectivity index (χ0v) is 16.7. The number of carboxylic acid groups (broad SMARTS) is 1. The van der Waals surface area contributed by atoms with Crippen LogP contribution in [0.5, 0.6) is 0 Å². The molecular weight excluding hydrogens is 400 g/mol. The number of carbonyl (C=O) groups is 3. The standard InChI is InChI=1S/C21H20N6O4/c1-12(28)24-17(21(30)31)10-13-3-2-4-14(9-13)19-22-6-5-15(25-19)16-11-18-20(29)23-7-8-27(18)26-16/h2-6,9,11,17H,7-8,10H2,1H3,(H,23,29)(H,24,28)(H,30,31). The molecule has 2 amide bonds. The van der Waals surface area contributed by atoms with Gasteiger partial charge in [-0.1, -0.05) is 18.2 Å². The highest BCUT2D eigenvalue weighted by atomic mass is 16.4. The Morgan fingerprint density at radius 2 is 2.10 bits per heavy atom. The third-order valence-corrected chi connectivity index (χ3v) is 4.84. The molecule has 1 aromatic carbocycles. The predicted octanol–water partition coefficient (Wildman–Crippen LogP) is 0.882. The molecule has 0 fully saturated rings. The molecule has 31 heavy (non-hydrogen) atoms. The maximum atomic E-state index is 12.0. The van der Waals surface area contributed by atoms with Crippen LogP contribution in [0, 0.1) is 0 Å². The number of nitrogens with one attached hydrogen (secondary N) is 2. The number of amides is 2. The van der Waals surface area contributed by atoms with Crippen molar-refractivity contribution in [2.24, 2.45) is 0 Å². The van der Waals surface area contributed by atoms with Gasteiger partial charge in [-0.3, -0.25) is 14.3 Å². The Kier molecular flexibility index (Phi) is 5.44. The van der Waals surface area contributed by atoms with Gasteiger partial charge in [0.1, 0.15) is 17.4 Å². The normalized spacial score (nSPS) is 13.8. The summed E-state index contributed by atoms with van der Waals surface area (Å²) in [5.74, 6) is -1.23. The SMILES string of the molecule is CC(=O)NC(Cc1cccc(-c2nccc(-c3cc4n(n3)CCNC4=O)n2)c1)C(=O)O. The van der Waals surface area contributed by atoms with Gasteiger partial charge in [-0.15, -0.1) is 0 Å². The average Bonchev–Trinajstić information content (AvgIpc) is 3.19. The largest absolute Gasteiger partial charge is 0.480 e. The Bertz CT molecular complexity index is 1170. The fourth-order valence-corrected chi connectivity index (χ4v) is 3.42. The summed E-state index contributed by atoms with van der Waals surface area (Å²) in [6.45, 7) is 2.41. The lowest BCUT2D eigenvalue weighted by atomic mass is 10.0. The molecule has 158 valence electrons. The Labute approximate surface area is 177 Å². The molecule has 1 aliphatic rings. The Hall–Kier alpha value is -4.08. The maximum absolute atomic E-state index is 12.0. The highest BCUT2D eigenvalue weighted by Gasteiger charge is 2.21. The molecule has 3 N–H and O–H groups in total. The fraction of sp³-hybridized carbons (Fsp3) is 0.238. The highest BCUT2D eigenvalue weighted by Crippen LogP contribution is 2.22. The van der Waals surface area contributed by atoms with Gasteiger partial charge in [0.05, 0.1) is 12.2 Å². The minimum Gasteiger partial charge on any atom is -0.480 e. The van der Waals surface area contributed by atoms with Gasteiger partial charge in [0.2, 0.25) is 5.91 Å². The van der Waals surface area contributed by atoms with Gasteiger partial charge in [0.25, 0.3) is 5.91 Å². The van der Waals surface area contributed by atoms with Gasteiger partial charge in [-0.25, -0.2) is 14.8 Å². The summed E-state index contributed by atoms with van der Waals surface area (Å²) >= 11 is 0. The summed E-state index contributed by atoms with van der Waals surface area (Å²) in [4.78, 5) is 43.6. The van der Waals surface area contributed by atoms with E-state index in [4.69, 9.17) is 0 Å². The molecule has 3 heterocycles. The lowest BCUT2D eigenvalue weighted by Gasteiger charge is -2.13. The zero-order valence-electron chi connectivity index (χ0n) is 16.7. The predicted molar refractivity (Wildman–Crippen MR) is 110 cm³/mol. The monoisotopic (exact) mass is 420 g/mol. The molecule has 2 aromatic heterocycles. The first-order valence-corrected chi connectivity index (χ1v) is 9.69. The first kappa shape index (κ1) is 20.2. The Morgan fingerprint density at radius 3 is 2.84 bits per heavy atom. The van der Waals surface area contributed by atoms with Crippen LogP contribution in [0.3, 0.4) is 0 Å². The molecule has 1 atom stereocenters. The van der Waals surface area contributed by atoms with E-state index in [0.29, 0.717) is 41.6 Å². The van der Waals surface area contributed by atoms with Gasteiger partial charge in [-0.05, 0) is 23.8 Å². The topological polar surface area (TPSA) is 139 Å². The maximum Gasteiger partial charge on any atom is 0.326 e. The third-order valence-electron chi connectivity index (χ3n) is 4.84. The first-order valence-electron chi connectivity index (χ1n) is 9.69. The first-order chi connectivity index (χ1) is 14.9. The number of carboxylic acids is 1. The van der Waals surface area contributed by atoms with Crippen LogP contribution in [0.2, 0.25) is 0 Å². The number of benzene rings is 1. The lowest BCUT2D eigenvalue weighted by molar-refractivity contribution is -0.141. The average molecular weight is 420 g/mol. The van der Waals surface area contributed by atoms with Crippen LogP contribution in [0.4, 0.5) is 0 Å². The van der Waals surface area contributed by atoms with E-state index in [2.05, 4.69) is 25.7 Å². The third kappa shape index (κ3) is 4.42. The summed E-state index contributed by atoms with van der Waals surface area (Å²) in [5.41, 5.74) is 3.06. The van der Waals surface area contributed by atoms with Crippen molar-refractivity contribution >= 4 is 17.8 Å². The van der Waals surface area contributed by atoms with Crippen molar-refractivity contribution in [3.05, 3.63) is 53.9 Å². The Morgan fingerprint density at radius 1 is 1.26 bits per heavy atom. The van der Waals surface area contributed by atoms with E-state index in [-0.39, 0.29) is 12.3 Å². The van der Waals surface area contributed by atoms with Gasteiger partial charge < -0.3 is 15.7 Å². The molecule has 10 heteroatoms. The molecule has 0 aliphatic carbocycles. The molecular formula is C21H20N6O4. The Balaban J connectivity index is 1.61. The molecule has 0 bridgehead atoms. The summed E-state index contributed by atoms with van der Waals surface area (Å²) < 4.78 is 1.66. The highest BCUT2D eigenvalue weighted by molar-refractivity contribution is 5.94. The molecule has 4 rings (SSSR count). The van der Waals surface area contributed by atoms with Crippen molar-refractivity contribution in [2.75, 3.05) is 6.54 Å². The summed E-state index contributed by atoms with van der Waals surface area (Å²) in [6.07, 6.45) is 1.74. The van der Waals surface area contributed by atoms with Crippen molar-refractivity contribution in [2.45, 2.75) is 25.9 Å². The van der Waals surface area contributed by atoms with E-state index >= 15 is 0 Å². The molecule has 0 saturated heterocycles. The van der Waals surface area contributed by atoms with Crippen molar-refractivity contribution < 1.29 is 19.5 Å². The summed E-state index contributed by atoms with van der Waals surface area (Å²) in [6, 6.07) is 9.58. The number of hydrogen-bond donors (Lipinski definition) is 3. The van der Waals surface area contributed by atoms with E-state index in [1.54, 1.807) is 41.2 Å². The van der Waals surface area contributed by atoms with Crippen LogP contribution in [0.25, 0.3) is 22.8 Å². The minimum absolute atomic E-state index is 0.130. The lowest BCUT2D eigenvalue weighted by Crippen LogP contribution is -2.41. The van der Waals surface area contributed by atoms with Crippen LogP contribution < -0.4 is 10.6 Å². The fourth-order valence-electron chi connectivity index (χ4n) is 3.42. The van der Waals surface area contributed by atoms with Crippen LogP contribution >= 0.6 is 0 Å². The second-order valence-electron chi connectivity index (χ2n) is 7.16.